The van der Waals surface area contributed by atoms with Crippen LogP contribution in [-0.4, -0.2) is 117 Å². The van der Waals surface area contributed by atoms with Crippen molar-refractivity contribution in [3.63, 3.8) is 0 Å². The minimum Gasteiger partial charge on any atom is -0.490 e. The highest BCUT2D eigenvalue weighted by atomic mass is 32.1. The molecule has 3 aromatic carbocycles. The third-order valence-corrected chi connectivity index (χ3v) is 16.8. The molecule has 3 N–H and O–H groups in total. The predicted octanol–water partition coefficient (Wildman–Crippen LogP) is 7.76. The third-order valence-electron chi connectivity index (χ3n) is 15.9. The second kappa shape index (κ2) is 19.9. The minimum atomic E-state index is -1.10. The number of imide groups is 1. The standard InChI is InChI=1S/C56H58N10O7S/c1-32-26-36(10-11-39(32)40-12-15-47(58-51(40)55(70)71)66-19-18-33-6-5-7-41(44(33)31-66)53(68)61-56-57-45-8-3-4-9-46(45)74-56)73-38-29-34-27-37(28-35(34)30-38)72-25-24-64-20-22-65(23-21-64)48-16-13-42-50(62-63(2)52(42)59-48)43-14-17-49(67)60-54(43)69/h3-13,15-16,26,34-35,37-38,43H,14,17-25,27-31H2,1-2H3,(H,70,71)(H,57,61,68)(H,60,67,69)/t34-,35+,37?,38?,43?. The van der Waals surface area contributed by atoms with Gasteiger partial charge in [0.15, 0.2) is 16.5 Å². The molecule has 380 valence electrons. The molecule has 2 saturated carbocycles. The fraction of sp³-hybridized carbons (Fsp3) is 0.393. The normalized spacial score (nSPS) is 22.0. The van der Waals surface area contributed by atoms with Gasteiger partial charge in [0, 0.05) is 75.8 Å². The van der Waals surface area contributed by atoms with Crippen LogP contribution in [0.4, 0.5) is 16.8 Å². The minimum absolute atomic E-state index is 0.0202. The smallest absolute Gasteiger partial charge is 0.355 e. The van der Waals surface area contributed by atoms with Crippen molar-refractivity contribution < 1.29 is 33.8 Å². The Balaban J connectivity index is 0.611. The molecule has 12 rings (SSSR count). The molecule has 4 aromatic heterocycles. The summed E-state index contributed by atoms with van der Waals surface area (Å²) in [5, 5.41) is 22.0. The maximum Gasteiger partial charge on any atom is 0.355 e. The van der Waals surface area contributed by atoms with E-state index in [1.165, 1.54) is 11.3 Å². The summed E-state index contributed by atoms with van der Waals surface area (Å²) in [7, 11) is 1.85. The van der Waals surface area contributed by atoms with E-state index in [-0.39, 0.29) is 35.6 Å². The van der Waals surface area contributed by atoms with E-state index < -0.39 is 11.9 Å². The van der Waals surface area contributed by atoms with Crippen molar-refractivity contribution in [1.29, 1.82) is 0 Å². The van der Waals surface area contributed by atoms with Gasteiger partial charge in [-0.2, -0.15) is 5.10 Å². The lowest BCUT2D eigenvalue weighted by molar-refractivity contribution is -0.134. The summed E-state index contributed by atoms with van der Waals surface area (Å²) >= 11 is 1.44. The molecule has 17 nitrogen and oxygen atoms in total. The molecule has 2 saturated heterocycles. The number of rotatable bonds is 13. The van der Waals surface area contributed by atoms with Gasteiger partial charge in [0.25, 0.3) is 5.91 Å². The molecule has 3 amide bonds. The fourth-order valence-electron chi connectivity index (χ4n) is 12.1. The Hall–Kier alpha value is -7.28. The van der Waals surface area contributed by atoms with Gasteiger partial charge in [-0.15, -0.1) is 0 Å². The molecular weight excluding hydrogens is 957 g/mol. The number of benzene rings is 3. The van der Waals surface area contributed by atoms with Crippen LogP contribution in [0.25, 0.3) is 32.4 Å². The molecule has 3 unspecified atom stereocenters. The summed E-state index contributed by atoms with van der Waals surface area (Å²) < 4.78 is 15.8. The van der Waals surface area contributed by atoms with Gasteiger partial charge in [0.05, 0.1) is 40.6 Å². The SMILES string of the molecule is Cc1cc(OC2C[C@H]3CC(OCCN4CCN(c5ccc6c(C7CCC(=O)NC7=O)nn(C)c6n5)CC4)C[C@H]3C2)ccc1-c1ccc(N2CCc3cccc(C(=O)Nc4nc5ccccc5s4)c3C2)nc1C(=O)O. The Morgan fingerprint density at radius 2 is 1.59 bits per heavy atom. The molecule has 0 bridgehead atoms. The van der Waals surface area contributed by atoms with Crippen LogP contribution in [0.15, 0.2) is 84.9 Å². The quantitative estimate of drug-likeness (QED) is 0.0948. The van der Waals surface area contributed by atoms with Crippen molar-refractivity contribution in [3.05, 3.63) is 119 Å². The molecule has 74 heavy (non-hydrogen) atoms. The van der Waals surface area contributed by atoms with E-state index in [9.17, 15) is 24.3 Å². The van der Waals surface area contributed by atoms with Crippen molar-refractivity contribution in [3.8, 4) is 16.9 Å². The highest BCUT2D eigenvalue weighted by Crippen LogP contribution is 2.46. The number of fused-ring (bicyclic) bond motifs is 4. The van der Waals surface area contributed by atoms with E-state index in [1.54, 1.807) is 4.68 Å². The maximum absolute atomic E-state index is 13.6. The number of anilines is 3. The molecule has 2 aliphatic carbocycles. The van der Waals surface area contributed by atoms with Gasteiger partial charge in [-0.25, -0.2) is 19.7 Å². The van der Waals surface area contributed by atoms with Crippen LogP contribution in [0.3, 0.4) is 0 Å². The van der Waals surface area contributed by atoms with E-state index >= 15 is 0 Å². The van der Waals surface area contributed by atoms with Gasteiger partial charge in [-0.05, 0) is 134 Å². The number of amides is 3. The van der Waals surface area contributed by atoms with E-state index in [1.807, 2.05) is 104 Å². The van der Waals surface area contributed by atoms with Crippen LogP contribution in [-0.2, 0) is 34.3 Å². The summed E-state index contributed by atoms with van der Waals surface area (Å²) in [5.41, 5.74) is 7.02. The molecule has 0 radical (unpaired) electrons. The van der Waals surface area contributed by atoms with Gasteiger partial charge in [-0.3, -0.25) is 34.6 Å². The summed E-state index contributed by atoms with van der Waals surface area (Å²) in [5.74, 6) is 1.06. The topological polar surface area (TPSA) is 197 Å². The van der Waals surface area contributed by atoms with Crippen molar-refractivity contribution in [2.75, 3.05) is 61.0 Å². The largest absolute Gasteiger partial charge is 0.490 e. The average Bonchev–Trinajstić information content (AvgIpc) is 4.17. The van der Waals surface area contributed by atoms with E-state index in [2.05, 4.69) is 30.5 Å². The van der Waals surface area contributed by atoms with Gasteiger partial charge in [0.1, 0.15) is 17.4 Å². The van der Waals surface area contributed by atoms with Crippen molar-refractivity contribution in [1.82, 2.24) is 34.9 Å². The number of carboxylic acids is 1. The van der Waals surface area contributed by atoms with Gasteiger partial charge in [0.2, 0.25) is 11.8 Å². The van der Waals surface area contributed by atoms with Crippen molar-refractivity contribution in [2.45, 2.75) is 76.5 Å². The van der Waals surface area contributed by atoms with Crippen LogP contribution in [0, 0.1) is 18.8 Å². The molecule has 5 atom stereocenters. The molecular formula is C56H58N10O7S. The number of nitrogens with zero attached hydrogens (tertiary/aromatic N) is 8. The first-order chi connectivity index (χ1) is 36.0. The van der Waals surface area contributed by atoms with Crippen LogP contribution in [0.5, 0.6) is 5.75 Å². The number of hydrogen-bond acceptors (Lipinski definition) is 14. The molecule has 5 aliphatic rings. The Morgan fingerprint density at radius 1 is 0.824 bits per heavy atom. The number of para-hydroxylation sites is 1. The monoisotopic (exact) mass is 1010 g/mol. The summed E-state index contributed by atoms with van der Waals surface area (Å²) in [6.07, 6.45) is 5.93. The first-order valence-corrected chi connectivity index (χ1v) is 26.6. The molecule has 7 aromatic rings. The number of carboxylic acid groups (broad SMARTS) is 1. The average molecular weight is 1020 g/mol. The lowest BCUT2D eigenvalue weighted by atomic mass is 9.93. The van der Waals surface area contributed by atoms with Crippen LogP contribution < -0.4 is 25.2 Å². The molecule has 0 spiro atoms. The highest BCUT2D eigenvalue weighted by molar-refractivity contribution is 7.22. The lowest BCUT2D eigenvalue weighted by Crippen LogP contribution is -2.47. The second-order valence-electron chi connectivity index (χ2n) is 20.5. The van der Waals surface area contributed by atoms with Gasteiger partial charge in [-0.1, -0.05) is 41.7 Å². The van der Waals surface area contributed by atoms with Crippen molar-refractivity contribution >= 4 is 73.0 Å². The summed E-state index contributed by atoms with van der Waals surface area (Å²) in [6.45, 7) is 8.18. The first-order valence-electron chi connectivity index (χ1n) is 25.8. The van der Waals surface area contributed by atoms with Gasteiger partial charge < -0.3 is 24.4 Å². The number of carbonyl (C=O) groups is 4. The van der Waals surface area contributed by atoms with E-state index in [0.29, 0.717) is 78.6 Å². The number of carbonyl (C=O) groups excluding carboxylic acids is 3. The molecule has 4 fully saturated rings. The number of nitrogens with one attached hydrogen (secondary N) is 2. The predicted molar refractivity (Wildman–Crippen MR) is 282 cm³/mol. The van der Waals surface area contributed by atoms with Gasteiger partial charge >= 0.3 is 5.97 Å². The number of pyridine rings is 2. The number of ether oxygens (including phenoxy) is 2. The third kappa shape index (κ3) is 9.45. The Labute approximate surface area is 431 Å². The Bertz CT molecular complexity index is 3300. The first kappa shape index (κ1) is 47.7. The van der Waals surface area contributed by atoms with E-state index in [0.717, 1.165) is 113 Å². The van der Waals surface area contributed by atoms with Crippen LogP contribution in [0.2, 0.25) is 0 Å². The summed E-state index contributed by atoms with van der Waals surface area (Å²) in [4.78, 5) is 71.8. The number of piperidine rings is 1. The lowest BCUT2D eigenvalue weighted by Gasteiger charge is -2.35. The second-order valence-corrected chi connectivity index (χ2v) is 21.5. The summed E-state index contributed by atoms with van der Waals surface area (Å²) in [6, 6.07) is 27.2. The number of thiazole rings is 1. The van der Waals surface area contributed by atoms with Crippen LogP contribution in [0.1, 0.15) is 87.7 Å². The zero-order valence-corrected chi connectivity index (χ0v) is 42.3. The maximum atomic E-state index is 13.6. The number of aryl methyl sites for hydroxylation is 2. The fourth-order valence-corrected chi connectivity index (χ4v) is 13.0. The van der Waals surface area contributed by atoms with E-state index in [4.69, 9.17) is 19.4 Å². The molecule has 7 heterocycles. The highest BCUT2D eigenvalue weighted by Gasteiger charge is 2.43. The number of aromatic nitrogens is 5. The molecule has 18 heteroatoms. The Morgan fingerprint density at radius 3 is 2.38 bits per heavy atom. The number of aromatic carboxylic acids is 1. The van der Waals surface area contributed by atoms with Crippen molar-refractivity contribution in [2.24, 2.45) is 18.9 Å². The number of hydrogen-bond donors (Lipinski definition) is 3. The number of piperazine rings is 1. The molecule has 3 aliphatic heterocycles. The van der Waals surface area contributed by atoms with Crippen LogP contribution >= 0.6 is 11.3 Å². The zero-order valence-electron chi connectivity index (χ0n) is 41.5. The Kier molecular flexibility index (Phi) is 12.8. The zero-order chi connectivity index (χ0) is 50.6.